The third-order valence-corrected chi connectivity index (χ3v) is 3.66. The van der Waals surface area contributed by atoms with Gasteiger partial charge in [0.1, 0.15) is 0 Å². The Hall–Kier alpha value is -1.00. The van der Waals surface area contributed by atoms with Crippen molar-refractivity contribution in [2.24, 2.45) is 5.73 Å². The van der Waals surface area contributed by atoms with Gasteiger partial charge >= 0.3 is 0 Å². The second-order valence-corrected chi connectivity index (χ2v) is 5.80. The molecule has 3 nitrogen and oxygen atoms in total. The zero-order valence-electron chi connectivity index (χ0n) is 11.7. The summed E-state index contributed by atoms with van der Waals surface area (Å²) in [6.45, 7) is 2.87. The van der Waals surface area contributed by atoms with Gasteiger partial charge in [-0.1, -0.05) is 25.8 Å². The van der Waals surface area contributed by atoms with Crippen LogP contribution >= 0.6 is 11.8 Å². The van der Waals surface area contributed by atoms with Gasteiger partial charge in [0.2, 0.25) is 5.91 Å². The highest BCUT2D eigenvalue weighted by Gasteiger charge is 2.03. The van der Waals surface area contributed by atoms with E-state index in [0.717, 1.165) is 43.7 Å². The Morgan fingerprint density at radius 2 is 2.05 bits per heavy atom. The van der Waals surface area contributed by atoms with Crippen molar-refractivity contribution < 1.29 is 4.79 Å². The molecule has 0 fully saturated rings. The van der Waals surface area contributed by atoms with Gasteiger partial charge < -0.3 is 11.1 Å². The number of amides is 1. The van der Waals surface area contributed by atoms with Gasteiger partial charge in [0, 0.05) is 17.0 Å². The molecule has 0 radical (unpaired) electrons. The summed E-state index contributed by atoms with van der Waals surface area (Å²) >= 11 is 1.78. The fourth-order valence-corrected chi connectivity index (χ4v) is 2.56. The van der Waals surface area contributed by atoms with Gasteiger partial charge in [-0.15, -0.1) is 11.8 Å². The molecule has 0 aliphatic heterocycles. The van der Waals surface area contributed by atoms with Crippen LogP contribution in [0.1, 0.15) is 39.0 Å². The second kappa shape index (κ2) is 9.87. The molecule has 106 valence electrons. The predicted octanol–water partition coefficient (Wildman–Crippen LogP) is 3.65. The van der Waals surface area contributed by atoms with Gasteiger partial charge in [-0.25, -0.2) is 0 Å². The van der Waals surface area contributed by atoms with E-state index in [1.807, 2.05) is 18.2 Å². The molecule has 0 atom stereocenters. The first-order valence-corrected chi connectivity index (χ1v) is 7.97. The summed E-state index contributed by atoms with van der Waals surface area (Å²) in [6, 6.07) is 8.01. The minimum absolute atomic E-state index is 0.103. The molecular weight excluding hydrogens is 256 g/mol. The summed E-state index contributed by atoms with van der Waals surface area (Å²) in [6.07, 6.45) is 4.78. The topological polar surface area (TPSA) is 55.1 Å². The summed E-state index contributed by atoms with van der Waals surface area (Å²) in [4.78, 5) is 13.0. The molecule has 0 bridgehead atoms. The molecule has 0 unspecified atom stereocenters. The average molecular weight is 280 g/mol. The van der Waals surface area contributed by atoms with Crippen molar-refractivity contribution >= 4 is 23.4 Å². The van der Waals surface area contributed by atoms with Crippen molar-refractivity contribution in [3.8, 4) is 0 Å². The number of carbonyl (C=O) groups excluding carboxylic acids is 1. The maximum Gasteiger partial charge on any atom is 0.224 e. The van der Waals surface area contributed by atoms with E-state index in [0.29, 0.717) is 6.42 Å². The van der Waals surface area contributed by atoms with E-state index in [4.69, 9.17) is 5.73 Å². The number of carbonyl (C=O) groups is 1. The second-order valence-electron chi connectivity index (χ2n) is 4.46. The summed E-state index contributed by atoms with van der Waals surface area (Å²) in [5.74, 6) is 1.14. The van der Waals surface area contributed by atoms with Gasteiger partial charge in [-0.3, -0.25) is 4.79 Å². The van der Waals surface area contributed by atoms with Crippen LogP contribution in [-0.2, 0) is 4.79 Å². The van der Waals surface area contributed by atoms with Crippen LogP contribution in [0, 0.1) is 0 Å². The van der Waals surface area contributed by atoms with Gasteiger partial charge in [-0.05, 0) is 43.3 Å². The number of nitrogens with one attached hydrogen (secondary N) is 1. The third-order valence-electron chi connectivity index (χ3n) is 2.79. The highest BCUT2D eigenvalue weighted by Crippen LogP contribution is 2.21. The maximum absolute atomic E-state index is 11.8. The molecule has 0 saturated heterocycles. The van der Waals surface area contributed by atoms with E-state index in [1.165, 1.54) is 4.90 Å². The number of hydrogen-bond acceptors (Lipinski definition) is 3. The third kappa shape index (κ3) is 7.23. The lowest BCUT2D eigenvalue weighted by atomic mass is 10.1. The van der Waals surface area contributed by atoms with Crippen LogP contribution in [0.2, 0.25) is 0 Å². The Morgan fingerprint density at radius 3 is 2.79 bits per heavy atom. The van der Waals surface area contributed by atoms with E-state index < -0.39 is 0 Å². The van der Waals surface area contributed by atoms with Crippen molar-refractivity contribution in [3.05, 3.63) is 24.3 Å². The van der Waals surface area contributed by atoms with Crippen molar-refractivity contribution in [1.29, 1.82) is 0 Å². The summed E-state index contributed by atoms with van der Waals surface area (Å²) < 4.78 is 0. The van der Waals surface area contributed by atoms with Crippen LogP contribution in [0.5, 0.6) is 0 Å². The van der Waals surface area contributed by atoms with Crippen molar-refractivity contribution in [3.63, 3.8) is 0 Å². The molecule has 1 amide bonds. The quantitative estimate of drug-likeness (QED) is 0.536. The molecule has 1 aromatic rings. The molecule has 1 aromatic carbocycles. The van der Waals surface area contributed by atoms with E-state index in [1.54, 1.807) is 11.8 Å². The Bertz CT molecular complexity index is 382. The van der Waals surface area contributed by atoms with E-state index >= 15 is 0 Å². The average Bonchev–Trinajstić information content (AvgIpc) is 2.39. The molecular formula is C15H24N2OS. The number of nitrogens with two attached hydrogens (primary N) is 1. The molecule has 3 N–H and O–H groups in total. The van der Waals surface area contributed by atoms with Crippen LogP contribution in [0.15, 0.2) is 29.2 Å². The first-order chi connectivity index (χ1) is 9.26. The zero-order chi connectivity index (χ0) is 13.9. The summed E-state index contributed by atoms with van der Waals surface area (Å²) in [7, 11) is 0. The lowest BCUT2D eigenvalue weighted by Gasteiger charge is -2.07. The number of anilines is 1. The van der Waals surface area contributed by atoms with Gasteiger partial charge in [0.15, 0.2) is 0 Å². The van der Waals surface area contributed by atoms with Crippen LogP contribution in [0.25, 0.3) is 0 Å². The van der Waals surface area contributed by atoms with E-state index in [-0.39, 0.29) is 5.91 Å². The Kier molecular flexibility index (Phi) is 8.34. The maximum atomic E-state index is 11.8. The lowest BCUT2D eigenvalue weighted by molar-refractivity contribution is -0.116. The van der Waals surface area contributed by atoms with Crippen molar-refractivity contribution in [1.82, 2.24) is 0 Å². The summed E-state index contributed by atoms with van der Waals surface area (Å²) in [5, 5.41) is 2.95. The fourth-order valence-electron chi connectivity index (χ4n) is 1.84. The van der Waals surface area contributed by atoms with E-state index in [2.05, 4.69) is 18.3 Å². The van der Waals surface area contributed by atoms with Gasteiger partial charge in [-0.2, -0.15) is 0 Å². The largest absolute Gasteiger partial charge is 0.330 e. The van der Waals surface area contributed by atoms with Crippen LogP contribution in [-0.4, -0.2) is 18.2 Å². The minimum Gasteiger partial charge on any atom is -0.330 e. The monoisotopic (exact) mass is 280 g/mol. The molecule has 1 rings (SSSR count). The number of hydrogen-bond donors (Lipinski definition) is 2. The molecule has 0 aliphatic rings. The van der Waals surface area contributed by atoms with E-state index in [9.17, 15) is 4.79 Å². The minimum atomic E-state index is 0.103. The van der Waals surface area contributed by atoms with Crippen molar-refractivity contribution in [2.75, 3.05) is 17.6 Å². The molecule has 0 spiro atoms. The van der Waals surface area contributed by atoms with Crippen LogP contribution in [0.4, 0.5) is 5.69 Å². The standard InChI is InChI=1S/C15H24N2OS/c1-2-19-14-9-7-8-13(12-14)17-15(18)10-5-3-4-6-11-16/h7-9,12H,2-6,10-11,16H2,1H3,(H,17,18). The molecule has 0 aromatic heterocycles. The number of unbranched alkanes of at least 4 members (excludes halogenated alkanes) is 3. The Morgan fingerprint density at radius 1 is 1.26 bits per heavy atom. The molecule has 4 heteroatoms. The SMILES string of the molecule is CCSc1cccc(NC(=O)CCCCCCN)c1. The van der Waals surface area contributed by atoms with Crippen molar-refractivity contribution in [2.45, 2.75) is 43.9 Å². The molecule has 0 aliphatic carbocycles. The first-order valence-electron chi connectivity index (χ1n) is 6.99. The molecule has 0 heterocycles. The zero-order valence-corrected chi connectivity index (χ0v) is 12.5. The highest BCUT2D eigenvalue weighted by atomic mass is 32.2. The smallest absolute Gasteiger partial charge is 0.224 e. The number of benzene rings is 1. The normalized spacial score (nSPS) is 10.4. The Labute approximate surface area is 120 Å². The lowest BCUT2D eigenvalue weighted by Crippen LogP contribution is -2.11. The molecule has 19 heavy (non-hydrogen) atoms. The van der Waals surface area contributed by atoms with Crippen LogP contribution in [0.3, 0.4) is 0 Å². The summed E-state index contributed by atoms with van der Waals surface area (Å²) in [5.41, 5.74) is 6.32. The Balaban J connectivity index is 2.29. The predicted molar refractivity (Wildman–Crippen MR) is 83.6 cm³/mol. The van der Waals surface area contributed by atoms with Gasteiger partial charge in [0.25, 0.3) is 0 Å². The highest BCUT2D eigenvalue weighted by molar-refractivity contribution is 7.99. The van der Waals surface area contributed by atoms with Crippen LogP contribution < -0.4 is 11.1 Å². The number of rotatable bonds is 9. The molecule has 0 saturated carbocycles. The fraction of sp³-hybridized carbons (Fsp3) is 0.533. The first kappa shape index (κ1) is 16.1. The number of thioether (sulfide) groups is 1. The van der Waals surface area contributed by atoms with Gasteiger partial charge in [0.05, 0.1) is 0 Å².